The number of carbonyl (C=O) groups excluding carboxylic acids is 2. The molecule has 0 radical (unpaired) electrons. The van der Waals surface area contributed by atoms with Crippen molar-refractivity contribution in [2.24, 2.45) is 0 Å². The normalized spacial score (nSPS) is 14.8. The average molecular weight is 339 g/mol. The second kappa shape index (κ2) is 7.28. The van der Waals surface area contributed by atoms with Crippen molar-refractivity contribution in [3.05, 3.63) is 57.8 Å². The zero-order chi connectivity index (χ0) is 16.9. The molecule has 122 valence electrons. The van der Waals surface area contributed by atoms with Crippen molar-refractivity contribution in [3.63, 3.8) is 0 Å². The summed E-state index contributed by atoms with van der Waals surface area (Å²) >= 11 is 1.44. The van der Waals surface area contributed by atoms with Crippen LogP contribution in [0.1, 0.15) is 32.0 Å². The molecule has 0 bridgehead atoms. The summed E-state index contributed by atoms with van der Waals surface area (Å²) in [7, 11) is 0. The van der Waals surface area contributed by atoms with E-state index in [0.29, 0.717) is 37.3 Å². The van der Waals surface area contributed by atoms with Crippen LogP contribution >= 0.6 is 11.3 Å². The van der Waals surface area contributed by atoms with Crippen LogP contribution in [0.25, 0.3) is 0 Å². The van der Waals surface area contributed by atoms with E-state index in [2.05, 4.69) is 6.07 Å². The third kappa shape index (κ3) is 3.47. The van der Waals surface area contributed by atoms with E-state index in [1.54, 1.807) is 29.2 Å². The molecule has 0 N–H and O–H groups in total. The molecular formula is C18H17N3O2S. The molecule has 0 saturated carbocycles. The molecule has 2 aromatic rings. The minimum Gasteiger partial charge on any atom is -0.337 e. The molecule has 0 atom stereocenters. The second-order valence-corrected chi connectivity index (χ2v) is 6.56. The lowest BCUT2D eigenvalue weighted by molar-refractivity contribution is 0.0721. The monoisotopic (exact) mass is 339 g/mol. The lowest BCUT2D eigenvalue weighted by atomic mass is 10.1. The minimum atomic E-state index is -0.0856. The van der Waals surface area contributed by atoms with Gasteiger partial charge in [-0.2, -0.15) is 5.26 Å². The molecule has 0 unspecified atom stereocenters. The van der Waals surface area contributed by atoms with Gasteiger partial charge in [-0.05, 0) is 36.1 Å². The van der Waals surface area contributed by atoms with Crippen molar-refractivity contribution in [1.82, 2.24) is 9.80 Å². The van der Waals surface area contributed by atoms with Gasteiger partial charge in [0.25, 0.3) is 11.8 Å². The fourth-order valence-corrected chi connectivity index (χ4v) is 3.47. The first kappa shape index (κ1) is 16.2. The summed E-state index contributed by atoms with van der Waals surface area (Å²) in [6.07, 6.45) is 0.751. The molecule has 1 aromatic heterocycles. The van der Waals surface area contributed by atoms with Crippen molar-refractivity contribution < 1.29 is 9.59 Å². The van der Waals surface area contributed by atoms with E-state index in [4.69, 9.17) is 5.26 Å². The average Bonchev–Trinajstić information content (AvgIpc) is 3.05. The number of hydrogen-bond acceptors (Lipinski definition) is 4. The van der Waals surface area contributed by atoms with Crippen LogP contribution in [0.4, 0.5) is 0 Å². The topological polar surface area (TPSA) is 64.4 Å². The van der Waals surface area contributed by atoms with Crippen molar-refractivity contribution in [1.29, 1.82) is 5.26 Å². The number of nitriles is 1. The molecule has 3 rings (SSSR count). The summed E-state index contributed by atoms with van der Waals surface area (Å²) in [5.41, 5.74) is 0.997. The second-order valence-electron chi connectivity index (χ2n) is 5.61. The standard InChI is InChI=1S/C18H17N3O2S/c19-13-14-4-1-5-15(12-14)17(22)20-7-3-8-21(10-9-20)18(23)16-6-2-11-24-16/h1-2,4-6,11-12H,3,7-10H2. The van der Waals surface area contributed by atoms with Crippen LogP contribution in [0, 0.1) is 11.3 Å². The van der Waals surface area contributed by atoms with Crippen LogP contribution < -0.4 is 0 Å². The van der Waals surface area contributed by atoms with Gasteiger partial charge < -0.3 is 9.80 Å². The van der Waals surface area contributed by atoms with E-state index in [0.717, 1.165) is 11.3 Å². The first-order valence-corrected chi connectivity index (χ1v) is 8.69. The van der Waals surface area contributed by atoms with E-state index < -0.39 is 0 Å². The first-order valence-electron chi connectivity index (χ1n) is 7.81. The molecule has 6 heteroatoms. The molecule has 1 aliphatic heterocycles. The summed E-state index contributed by atoms with van der Waals surface area (Å²) in [5.74, 6) is -0.0525. The largest absolute Gasteiger partial charge is 0.337 e. The Morgan fingerprint density at radius 3 is 2.42 bits per heavy atom. The Balaban J connectivity index is 1.68. The van der Waals surface area contributed by atoms with E-state index in [-0.39, 0.29) is 11.8 Å². The number of amides is 2. The smallest absolute Gasteiger partial charge is 0.263 e. The Kier molecular flexibility index (Phi) is 4.92. The number of thiophene rings is 1. The SMILES string of the molecule is N#Cc1cccc(C(=O)N2CCCN(C(=O)c3cccs3)CC2)c1. The lowest BCUT2D eigenvalue weighted by Crippen LogP contribution is -2.37. The predicted molar refractivity (Wildman–Crippen MR) is 91.9 cm³/mol. The van der Waals surface area contributed by atoms with E-state index in [1.807, 2.05) is 22.4 Å². The van der Waals surface area contributed by atoms with Gasteiger partial charge in [0.2, 0.25) is 0 Å². The highest BCUT2D eigenvalue weighted by molar-refractivity contribution is 7.12. The Morgan fingerprint density at radius 1 is 1.00 bits per heavy atom. The fraction of sp³-hybridized carbons (Fsp3) is 0.278. The molecule has 1 aromatic carbocycles. The van der Waals surface area contributed by atoms with Gasteiger partial charge in [0.15, 0.2) is 0 Å². The molecule has 24 heavy (non-hydrogen) atoms. The molecule has 2 amide bonds. The minimum absolute atomic E-state index is 0.0331. The Hall–Kier alpha value is -2.65. The van der Waals surface area contributed by atoms with Crippen LogP contribution in [-0.2, 0) is 0 Å². The van der Waals surface area contributed by atoms with Crippen molar-refractivity contribution in [3.8, 4) is 6.07 Å². The van der Waals surface area contributed by atoms with E-state index >= 15 is 0 Å². The number of carbonyl (C=O) groups is 2. The van der Waals surface area contributed by atoms with Gasteiger partial charge in [-0.25, -0.2) is 0 Å². The van der Waals surface area contributed by atoms with Crippen LogP contribution in [0.5, 0.6) is 0 Å². The van der Waals surface area contributed by atoms with Gasteiger partial charge in [-0.3, -0.25) is 9.59 Å². The summed E-state index contributed by atoms with van der Waals surface area (Å²) in [4.78, 5) is 29.4. The maximum absolute atomic E-state index is 12.6. The van der Waals surface area contributed by atoms with Gasteiger partial charge in [-0.15, -0.1) is 11.3 Å². The Labute approximate surface area is 144 Å². The summed E-state index contributed by atoms with van der Waals surface area (Å²) < 4.78 is 0. The highest BCUT2D eigenvalue weighted by Crippen LogP contribution is 2.15. The van der Waals surface area contributed by atoms with Crippen LogP contribution in [0.2, 0.25) is 0 Å². The third-order valence-electron chi connectivity index (χ3n) is 4.04. The summed E-state index contributed by atoms with van der Waals surface area (Å²) in [6.45, 7) is 2.30. The third-order valence-corrected chi connectivity index (χ3v) is 4.90. The zero-order valence-corrected chi connectivity index (χ0v) is 14.0. The van der Waals surface area contributed by atoms with Crippen molar-refractivity contribution in [2.75, 3.05) is 26.2 Å². The molecule has 0 aliphatic carbocycles. The predicted octanol–water partition coefficient (Wildman–Crippen LogP) is 2.61. The van der Waals surface area contributed by atoms with E-state index in [1.165, 1.54) is 11.3 Å². The van der Waals surface area contributed by atoms with Gasteiger partial charge in [0.05, 0.1) is 16.5 Å². The molecule has 5 nitrogen and oxygen atoms in total. The van der Waals surface area contributed by atoms with Gasteiger partial charge >= 0.3 is 0 Å². The fourth-order valence-electron chi connectivity index (χ4n) is 2.78. The molecule has 0 spiro atoms. The number of benzene rings is 1. The molecular weight excluding hydrogens is 322 g/mol. The molecule has 1 saturated heterocycles. The molecule has 2 heterocycles. The first-order chi connectivity index (χ1) is 11.7. The summed E-state index contributed by atoms with van der Waals surface area (Å²) in [6, 6.07) is 12.5. The van der Waals surface area contributed by atoms with Crippen LogP contribution in [0.15, 0.2) is 41.8 Å². The summed E-state index contributed by atoms with van der Waals surface area (Å²) in [5, 5.41) is 10.9. The molecule has 1 fully saturated rings. The van der Waals surface area contributed by atoms with Crippen molar-refractivity contribution >= 4 is 23.2 Å². The number of nitrogens with zero attached hydrogens (tertiary/aromatic N) is 3. The van der Waals surface area contributed by atoms with Gasteiger partial charge in [0.1, 0.15) is 0 Å². The van der Waals surface area contributed by atoms with Crippen LogP contribution in [0.3, 0.4) is 0 Å². The highest BCUT2D eigenvalue weighted by Gasteiger charge is 2.24. The number of hydrogen-bond donors (Lipinski definition) is 0. The van der Waals surface area contributed by atoms with E-state index in [9.17, 15) is 9.59 Å². The Bertz CT molecular complexity index is 780. The maximum Gasteiger partial charge on any atom is 0.263 e. The van der Waals surface area contributed by atoms with Gasteiger partial charge in [-0.1, -0.05) is 12.1 Å². The number of rotatable bonds is 2. The Morgan fingerprint density at radius 2 is 1.75 bits per heavy atom. The van der Waals surface area contributed by atoms with Crippen molar-refractivity contribution in [2.45, 2.75) is 6.42 Å². The maximum atomic E-state index is 12.6. The zero-order valence-electron chi connectivity index (χ0n) is 13.1. The molecule has 1 aliphatic rings. The lowest BCUT2D eigenvalue weighted by Gasteiger charge is -2.22. The van der Waals surface area contributed by atoms with Crippen LogP contribution in [-0.4, -0.2) is 47.8 Å². The quantitative estimate of drug-likeness (QED) is 0.845. The highest BCUT2D eigenvalue weighted by atomic mass is 32.1. The van der Waals surface area contributed by atoms with Gasteiger partial charge in [0, 0.05) is 31.7 Å².